The van der Waals surface area contributed by atoms with Crippen molar-refractivity contribution in [2.45, 2.75) is 12.5 Å². The molecule has 3 aromatic rings. The molecule has 0 bridgehead atoms. The Morgan fingerprint density at radius 3 is 2.24 bits per heavy atom. The number of rotatable bonds is 8. The molecule has 0 saturated carbocycles. The summed E-state index contributed by atoms with van der Waals surface area (Å²) in [5.74, 6) is -1.35. The molecule has 1 N–H and O–H groups in total. The molecule has 3 rings (SSSR count). The molecule has 168 valence electrons. The Labute approximate surface area is 200 Å². The van der Waals surface area contributed by atoms with Crippen LogP contribution in [0, 0.1) is 0 Å². The topological polar surface area (TPSA) is 98.2 Å². The average molecular weight is 484 g/mol. The minimum Gasteiger partial charge on any atom is -0.467 e. The highest BCUT2D eigenvalue weighted by atomic mass is 35.5. The van der Waals surface area contributed by atoms with Gasteiger partial charge in [-0.1, -0.05) is 65.7 Å². The number of hydrogen-bond acceptors (Lipinski definition) is 6. The Kier molecular flexibility index (Phi) is 8.29. The summed E-state index contributed by atoms with van der Waals surface area (Å²) in [5.41, 5.74) is 1.33. The second-order valence-corrected chi connectivity index (χ2v) is 7.62. The first-order chi connectivity index (χ1) is 15.9. The third-order valence-electron chi connectivity index (χ3n) is 4.60. The molecular formula is C24H19Cl2N3O4. The van der Waals surface area contributed by atoms with Gasteiger partial charge in [-0.05, 0) is 30.2 Å². The molecule has 0 aliphatic heterocycles. The number of carbonyl (C=O) groups excluding carboxylic acids is 3. The predicted molar refractivity (Wildman–Crippen MR) is 125 cm³/mol. The van der Waals surface area contributed by atoms with E-state index in [9.17, 15) is 14.4 Å². The van der Waals surface area contributed by atoms with Crippen molar-refractivity contribution in [1.29, 1.82) is 0 Å². The number of methoxy groups -OCH3 is 1. The molecule has 0 aliphatic rings. The van der Waals surface area contributed by atoms with Gasteiger partial charge in [0.05, 0.1) is 22.7 Å². The molecule has 9 heteroatoms. The van der Waals surface area contributed by atoms with E-state index in [2.05, 4.69) is 15.3 Å². The van der Waals surface area contributed by atoms with Gasteiger partial charge in [0.15, 0.2) is 0 Å². The Morgan fingerprint density at radius 1 is 1.00 bits per heavy atom. The number of ketones is 1. The van der Waals surface area contributed by atoms with Gasteiger partial charge in [-0.25, -0.2) is 14.8 Å². The quantitative estimate of drug-likeness (QED) is 0.376. The maximum Gasteiger partial charge on any atom is 0.328 e. The minimum absolute atomic E-state index is 0.0846. The summed E-state index contributed by atoms with van der Waals surface area (Å²) < 4.78 is 4.79. The number of halogens is 2. The second-order valence-electron chi connectivity index (χ2n) is 6.81. The predicted octanol–water partition coefficient (Wildman–Crippen LogP) is 4.39. The van der Waals surface area contributed by atoms with E-state index < -0.39 is 17.9 Å². The Hall–Kier alpha value is -3.55. The van der Waals surface area contributed by atoms with Gasteiger partial charge in [-0.2, -0.15) is 0 Å². The van der Waals surface area contributed by atoms with Crippen LogP contribution in [0.15, 0.2) is 67.0 Å². The molecule has 1 amide bonds. The molecule has 2 aromatic carbocycles. The van der Waals surface area contributed by atoms with Crippen LogP contribution in [0.4, 0.5) is 0 Å². The van der Waals surface area contributed by atoms with Gasteiger partial charge < -0.3 is 10.1 Å². The highest BCUT2D eigenvalue weighted by molar-refractivity contribution is 6.39. The smallest absolute Gasteiger partial charge is 0.328 e. The largest absolute Gasteiger partial charge is 0.467 e. The van der Waals surface area contributed by atoms with Gasteiger partial charge in [0.2, 0.25) is 11.6 Å². The van der Waals surface area contributed by atoms with Crippen molar-refractivity contribution in [1.82, 2.24) is 15.3 Å². The van der Waals surface area contributed by atoms with Crippen LogP contribution in [0.25, 0.3) is 6.08 Å². The summed E-state index contributed by atoms with van der Waals surface area (Å²) in [7, 11) is 1.24. The fraction of sp³-hybridized carbons (Fsp3) is 0.125. The van der Waals surface area contributed by atoms with E-state index in [-0.39, 0.29) is 33.6 Å². The molecule has 0 spiro atoms. The maximum absolute atomic E-state index is 12.6. The first-order valence-electron chi connectivity index (χ1n) is 9.81. The minimum atomic E-state index is -0.942. The fourth-order valence-corrected chi connectivity index (χ4v) is 3.50. The number of nitrogens with one attached hydrogen (secondary N) is 1. The van der Waals surface area contributed by atoms with E-state index in [4.69, 9.17) is 27.9 Å². The standard InChI is InChI=1S/C24H19Cl2N3O4/c1-33-24(32)19(29-23(31)20-17(25)6-3-7-18(20)26)8-2-5-15-9-11-16(12-10-15)21(30)22-27-13-4-14-28-22/h2-7,9-14,19H,8H2,1H3,(H,29,31)/b5-2+. The zero-order chi connectivity index (χ0) is 23.8. The van der Waals surface area contributed by atoms with Gasteiger partial charge in [-0.3, -0.25) is 9.59 Å². The monoisotopic (exact) mass is 483 g/mol. The number of aromatic nitrogens is 2. The van der Waals surface area contributed by atoms with Gasteiger partial charge in [0, 0.05) is 18.0 Å². The van der Waals surface area contributed by atoms with Gasteiger partial charge >= 0.3 is 5.97 Å². The van der Waals surface area contributed by atoms with Crippen LogP contribution in [0.5, 0.6) is 0 Å². The molecule has 0 aliphatic carbocycles. The van der Waals surface area contributed by atoms with E-state index in [0.29, 0.717) is 5.56 Å². The van der Waals surface area contributed by atoms with Crippen LogP contribution >= 0.6 is 23.2 Å². The van der Waals surface area contributed by atoms with Gasteiger partial charge in [0.1, 0.15) is 6.04 Å². The number of nitrogens with zero attached hydrogens (tertiary/aromatic N) is 2. The highest BCUT2D eigenvalue weighted by Crippen LogP contribution is 2.24. The van der Waals surface area contributed by atoms with Crippen molar-refractivity contribution in [3.63, 3.8) is 0 Å². The van der Waals surface area contributed by atoms with Crippen molar-refractivity contribution >= 4 is 46.9 Å². The number of ether oxygens (including phenoxy) is 1. The number of esters is 1. The number of amides is 1. The summed E-state index contributed by atoms with van der Waals surface area (Å²) >= 11 is 12.1. The van der Waals surface area contributed by atoms with E-state index in [1.54, 1.807) is 48.6 Å². The molecule has 0 radical (unpaired) electrons. The molecule has 1 aromatic heterocycles. The first kappa shape index (κ1) is 24.1. The highest BCUT2D eigenvalue weighted by Gasteiger charge is 2.23. The van der Waals surface area contributed by atoms with Crippen LogP contribution in [0.1, 0.15) is 38.5 Å². The van der Waals surface area contributed by atoms with Crippen LogP contribution < -0.4 is 5.32 Å². The summed E-state index contributed by atoms with van der Waals surface area (Å²) in [4.78, 5) is 45.1. The molecule has 0 fully saturated rings. The molecule has 1 heterocycles. The van der Waals surface area contributed by atoms with Crippen molar-refractivity contribution in [3.05, 3.63) is 99.6 Å². The second kappa shape index (κ2) is 11.4. The van der Waals surface area contributed by atoms with E-state index in [1.165, 1.54) is 31.6 Å². The first-order valence-corrected chi connectivity index (χ1v) is 10.6. The van der Waals surface area contributed by atoms with E-state index in [1.807, 2.05) is 0 Å². The summed E-state index contributed by atoms with van der Waals surface area (Å²) in [5, 5.41) is 2.95. The fourth-order valence-electron chi connectivity index (χ4n) is 2.93. The van der Waals surface area contributed by atoms with Crippen LogP contribution in [-0.4, -0.2) is 40.8 Å². The number of hydrogen-bond donors (Lipinski definition) is 1. The number of carbonyl (C=O) groups is 3. The third kappa shape index (κ3) is 6.25. The lowest BCUT2D eigenvalue weighted by Gasteiger charge is -2.16. The Balaban J connectivity index is 1.67. The van der Waals surface area contributed by atoms with Gasteiger partial charge in [-0.15, -0.1) is 0 Å². The Bertz CT molecular complexity index is 1160. The van der Waals surface area contributed by atoms with Crippen LogP contribution in [-0.2, 0) is 9.53 Å². The zero-order valence-corrected chi connectivity index (χ0v) is 19.0. The lowest BCUT2D eigenvalue weighted by atomic mass is 10.1. The maximum atomic E-state index is 12.6. The molecular weight excluding hydrogens is 465 g/mol. The van der Waals surface area contributed by atoms with Crippen LogP contribution in [0.2, 0.25) is 10.0 Å². The van der Waals surface area contributed by atoms with E-state index in [0.717, 1.165) is 5.56 Å². The molecule has 7 nitrogen and oxygen atoms in total. The average Bonchev–Trinajstić information content (AvgIpc) is 2.83. The summed E-state index contributed by atoms with van der Waals surface area (Å²) in [6.45, 7) is 0. The zero-order valence-electron chi connectivity index (χ0n) is 17.5. The lowest BCUT2D eigenvalue weighted by molar-refractivity contribution is -0.142. The SMILES string of the molecule is COC(=O)C(C/C=C/c1ccc(C(=O)c2ncccn2)cc1)NC(=O)c1c(Cl)cccc1Cl. The molecule has 1 unspecified atom stereocenters. The normalized spacial score (nSPS) is 11.7. The van der Waals surface area contributed by atoms with Gasteiger partial charge in [0.25, 0.3) is 5.91 Å². The van der Waals surface area contributed by atoms with E-state index >= 15 is 0 Å². The van der Waals surface area contributed by atoms with Crippen molar-refractivity contribution < 1.29 is 19.1 Å². The van der Waals surface area contributed by atoms with Crippen molar-refractivity contribution in [2.75, 3.05) is 7.11 Å². The lowest BCUT2D eigenvalue weighted by Crippen LogP contribution is -2.41. The van der Waals surface area contributed by atoms with Crippen molar-refractivity contribution in [3.8, 4) is 0 Å². The molecule has 33 heavy (non-hydrogen) atoms. The summed E-state index contributed by atoms with van der Waals surface area (Å²) in [6, 6.07) is 12.2. The van der Waals surface area contributed by atoms with Crippen molar-refractivity contribution in [2.24, 2.45) is 0 Å². The number of benzene rings is 2. The Morgan fingerprint density at radius 2 is 1.64 bits per heavy atom. The van der Waals surface area contributed by atoms with Crippen LogP contribution in [0.3, 0.4) is 0 Å². The molecule has 1 atom stereocenters. The third-order valence-corrected chi connectivity index (χ3v) is 5.23. The summed E-state index contributed by atoms with van der Waals surface area (Å²) in [6.07, 6.45) is 6.66. The molecule has 0 saturated heterocycles.